The van der Waals surface area contributed by atoms with Gasteiger partial charge < -0.3 is 30.6 Å². The summed E-state index contributed by atoms with van der Waals surface area (Å²) in [4.78, 5) is 0. The topological polar surface area (TPSA) is 121 Å². The Kier molecular flexibility index (Phi) is 16.7. The first-order valence-electron chi connectivity index (χ1n) is 28.6. The van der Waals surface area contributed by atoms with E-state index in [4.69, 9.17) is 0 Å². The highest BCUT2D eigenvalue weighted by Gasteiger charge is 2.32. The molecule has 6 N–H and O–H groups in total. The Morgan fingerprint density at radius 1 is 0.473 bits per heavy atom. The van der Waals surface area contributed by atoms with Gasteiger partial charge in [0.1, 0.15) is 28.7 Å². The molecule has 1 unspecified atom stereocenters. The van der Waals surface area contributed by atoms with Crippen molar-refractivity contribution in [3.8, 4) is 28.7 Å². The molecule has 0 spiro atoms. The van der Waals surface area contributed by atoms with Crippen LogP contribution in [0.4, 0.5) is 0 Å². The first-order valence-corrected chi connectivity index (χ1v) is 28.6. The van der Waals surface area contributed by atoms with Crippen molar-refractivity contribution in [2.45, 2.75) is 199 Å². The highest BCUT2D eigenvalue weighted by molar-refractivity contribution is 5.61. The van der Waals surface area contributed by atoms with Crippen molar-refractivity contribution in [3.63, 3.8) is 0 Å². The molecule has 0 radical (unpaired) electrons. The standard InChI is InChI=1S/C68H84O6/c1-41(2)52(37-56(45(6)69)48-19-11-7-12-20-48)67(53-38-57(64(72)31-42(53)3)49-21-13-8-14-22-49)60-35-46(27-29-62(60)70)34-47-28-30-63(71)61(36-47)68(54-39-58(65(73)32-43(54)4)50-23-15-9-16-24-50)55-40-59(66(74)33-44(55)5)51-25-17-10-18-26-51/h27-33,35-40,48-51,67-74H,1,7-26,34H2,2-6H3/b52-37+,56-45-. The molecule has 0 amide bonds. The minimum atomic E-state index is -0.459. The second-order valence-electron chi connectivity index (χ2n) is 23.4. The van der Waals surface area contributed by atoms with Gasteiger partial charge in [0.15, 0.2) is 0 Å². The fourth-order valence-electron chi connectivity index (χ4n) is 14.0. The molecule has 5 aromatic rings. The van der Waals surface area contributed by atoms with E-state index in [2.05, 4.69) is 63.8 Å². The van der Waals surface area contributed by atoms with Gasteiger partial charge in [0, 0.05) is 23.0 Å². The van der Waals surface area contributed by atoms with Gasteiger partial charge in [-0.25, -0.2) is 0 Å². The molecule has 4 aliphatic carbocycles. The summed E-state index contributed by atoms with van der Waals surface area (Å²) in [6.45, 7) is 14.6. The Hall–Kier alpha value is -5.88. The average molecular weight is 997 g/mol. The Labute approximate surface area is 442 Å². The minimum Gasteiger partial charge on any atom is -0.512 e. The second-order valence-corrected chi connectivity index (χ2v) is 23.4. The van der Waals surface area contributed by atoms with Crippen LogP contribution < -0.4 is 0 Å². The van der Waals surface area contributed by atoms with Gasteiger partial charge in [-0.15, -0.1) is 0 Å². The van der Waals surface area contributed by atoms with Gasteiger partial charge in [-0.1, -0.05) is 138 Å². The van der Waals surface area contributed by atoms with Crippen molar-refractivity contribution in [2.24, 2.45) is 5.92 Å². The third-order valence-electron chi connectivity index (χ3n) is 18.1. The van der Waals surface area contributed by atoms with Gasteiger partial charge in [-0.3, -0.25) is 0 Å². The Bertz CT molecular complexity index is 2810. The number of rotatable bonds is 14. The van der Waals surface area contributed by atoms with Crippen LogP contribution in [0.25, 0.3) is 0 Å². The predicted octanol–water partition coefficient (Wildman–Crippen LogP) is 18.1. The molecule has 4 saturated carbocycles. The first-order chi connectivity index (χ1) is 35.7. The molecule has 9 rings (SSSR count). The number of phenols is 5. The lowest BCUT2D eigenvalue weighted by molar-refractivity contribution is 0.364. The van der Waals surface area contributed by atoms with Crippen LogP contribution in [0.1, 0.15) is 244 Å². The summed E-state index contributed by atoms with van der Waals surface area (Å²) >= 11 is 0. The zero-order valence-corrected chi connectivity index (χ0v) is 45.2. The van der Waals surface area contributed by atoms with E-state index in [9.17, 15) is 30.6 Å². The highest BCUT2D eigenvalue weighted by Crippen LogP contribution is 2.50. The van der Waals surface area contributed by atoms with Gasteiger partial charge in [0.05, 0.1) is 5.76 Å². The zero-order valence-electron chi connectivity index (χ0n) is 45.2. The lowest BCUT2D eigenvalue weighted by atomic mass is 9.74. The third kappa shape index (κ3) is 11.5. The van der Waals surface area contributed by atoms with E-state index >= 15 is 0 Å². The number of aromatic hydroxyl groups is 5. The average Bonchev–Trinajstić information content (AvgIpc) is 3.39. The van der Waals surface area contributed by atoms with Gasteiger partial charge >= 0.3 is 0 Å². The van der Waals surface area contributed by atoms with Crippen molar-refractivity contribution in [1.82, 2.24) is 0 Å². The number of hydrogen-bond donors (Lipinski definition) is 6. The zero-order chi connectivity index (χ0) is 52.2. The van der Waals surface area contributed by atoms with Crippen LogP contribution in [-0.4, -0.2) is 30.6 Å². The van der Waals surface area contributed by atoms with Crippen molar-refractivity contribution in [1.29, 1.82) is 0 Å². The molecular formula is C68H84O6. The quantitative estimate of drug-likeness (QED) is 0.0374. The summed E-state index contributed by atoms with van der Waals surface area (Å²) < 4.78 is 0. The number of hydrogen-bond acceptors (Lipinski definition) is 6. The lowest BCUT2D eigenvalue weighted by Gasteiger charge is -2.30. The molecule has 6 heteroatoms. The van der Waals surface area contributed by atoms with E-state index in [1.54, 1.807) is 6.92 Å². The van der Waals surface area contributed by atoms with E-state index in [0.717, 1.165) is 192 Å². The summed E-state index contributed by atoms with van der Waals surface area (Å²) in [5.74, 6) is 1.84. The molecule has 5 aromatic carbocycles. The molecule has 0 aliphatic heterocycles. The lowest BCUT2D eigenvalue weighted by Crippen LogP contribution is -2.14. The van der Waals surface area contributed by atoms with Crippen molar-refractivity contribution in [3.05, 3.63) is 180 Å². The fourth-order valence-corrected chi connectivity index (χ4v) is 14.0. The van der Waals surface area contributed by atoms with Crippen molar-refractivity contribution < 1.29 is 30.6 Å². The minimum absolute atomic E-state index is 0.168. The summed E-state index contributed by atoms with van der Waals surface area (Å²) in [5.41, 5.74) is 15.1. The molecule has 0 heterocycles. The van der Waals surface area contributed by atoms with E-state index < -0.39 is 5.92 Å². The van der Waals surface area contributed by atoms with E-state index in [0.29, 0.717) is 29.4 Å². The largest absolute Gasteiger partial charge is 0.512 e. The van der Waals surface area contributed by atoms with E-state index in [1.165, 1.54) is 25.7 Å². The van der Waals surface area contributed by atoms with Crippen LogP contribution in [-0.2, 0) is 6.42 Å². The number of allylic oxidation sites excluding steroid dienone is 5. The van der Waals surface area contributed by atoms with Crippen LogP contribution in [0, 0.1) is 26.7 Å². The van der Waals surface area contributed by atoms with Crippen molar-refractivity contribution >= 4 is 0 Å². The van der Waals surface area contributed by atoms with Crippen LogP contribution in [0.15, 0.2) is 108 Å². The fraction of sp³-hybridized carbons (Fsp3) is 0.471. The number of aryl methyl sites for hydroxylation is 3. The van der Waals surface area contributed by atoms with Gasteiger partial charge in [0.2, 0.25) is 0 Å². The highest BCUT2D eigenvalue weighted by atomic mass is 16.3. The predicted molar refractivity (Wildman–Crippen MR) is 303 cm³/mol. The van der Waals surface area contributed by atoms with Gasteiger partial charge in [-0.2, -0.15) is 0 Å². The van der Waals surface area contributed by atoms with E-state index in [-0.39, 0.29) is 41.1 Å². The molecule has 4 aliphatic rings. The SMILES string of the molecule is C=C(C)/C(=C\C(=C(/C)O)C1CCCCC1)C(c1cc(C2CCCCC2)c(O)cc1C)c1cc(Cc2ccc(O)c(C(c3cc(C4CCCCC4)c(O)cc3C)c3cc(C4CCCCC4)c(O)cc3C)c2)ccc1O. The van der Waals surface area contributed by atoms with Crippen LogP contribution in [0.3, 0.4) is 0 Å². The number of benzene rings is 5. The van der Waals surface area contributed by atoms with E-state index in [1.807, 2.05) is 49.4 Å². The molecule has 4 fully saturated rings. The summed E-state index contributed by atoms with van der Waals surface area (Å²) in [7, 11) is 0. The monoisotopic (exact) mass is 997 g/mol. The summed E-state index contributed by atoms with van der Waals surface area (Å²) in [6.07, 6.45) is 24.8. The second kappa shape index (κ2) is 23.3. The number of aliphatic hydroxyl groups is 1. The molecule has 74 heavy (non-hydrogen) atoms. The third-order valence-corrected chi connectivity index (χ3v) is 18.1. The van der Waals surface area contributed by atoms with Crippen LogP contribution in [0.5, 0.6) is 28.7 Å². The van der Waals surface area contributed by atoms with Crippen LogP contribution in [0.2, 0.25) is 0 Å². The maximum atomic E-state index is 12.2. The van der Waals surface area contributed by atoms with Crippen LogP contribution >= 0.6 is 0 Å². The Morgan fingerprint density at radius 2 is 0.851 bits per heavy atom. The molecule has 0 bridgehead atoms. The molecule has 1 atom stereocenters. The number of aliphatic hydroxyl groups excluding tert-OH is 1. The maximum absolute atomic E-state index is 12.2. The number of phenolic OH excluding ortho intramolecular Hbond substituents is 5. The van der Waals surface area contributed by atoms with Gasteiger partial charge in [0.25, 0.3) is 0 Å². The Balaban J connectivity index is 1.18. The maximum Gasteiger partial charge on any atom is 0.119 e. The summed E-state index contributed by atoms with van der Waals surface area (Å²) in [5, 5.41) is 70.5. The summed E-state index contributed by atoms with van der Waals surface area (Å²) in [6, 6.07) is 24.3. The Morgan fingerprint density at radius 3 is 1.27 bits per heavy atom. The van der Waals surface area contributed by atoms with Gasteiger partial charge in [-0.05, 0) is 219 Å². The molecule has 6 nitrogen and oxygen atoms in total. The smallest absolute Gasteiger partial charge is 0.119 e. The molecule has 0 saturated heterocycles. The van der Waals surface area contributed by atoms with Crippen molar-refractivity contribution in [2.75, 3.05) is 0 Å². The normalized spacial score (nSPS) is 18.6. The molecule has 0 aromatic heterocycles. The first kappa shape index (κ1) is 53.0. The molecule has 392 valence electrons. The molecular weight excluding hydrogens is 913 g/mol.